The minimum atomic E-state index is 0. The number of fused-ring (bicyclic) bond motifs is 1. The van der Waals surface area contributed by atoms with E-state index in [1.165, 1.54) is 11.1 Å². The summed E-state index contributed by atoms with van der Waals surface area (Å²) < 4.78 is 8.00. The lowest BCUT2D eigenvalue weighted by molar-refractivity contribution is -0.0502. The normalized spacial score (nSPS) is 21.6. The molecule has 3 heterocycles. The summed E-state index contributed by atoms with van der Waals surface area (Å²) in [5.41, 5.74) is 2.64. The fourth-order valence-electron chi connectivity index (χ4n) is 4.44. The third kappa shape index (κ3) is 6.43. The van der Waals surface area contributed by atoms with E-state index >= 15 is 0 Å². The number of aliphatic imine (C=N–C) groups is 1. The Hall–Kier alpha value is -1.65. The molecule has 2 aliphatic rings. The molecule has 2 fully saturated rings. The first-order chi connectivity index (χ1) is 14.7. The fraction of sp³-hybridized carbons (Fsp3) is 0.565. The summed E-state index contributed by atoms with van der Waals surface area (Å²) in [6, 6.07) is 11.2. The standard InChI is InChI=1S/C23H34N6O.HI/c1-3-24-23(25-11-7-10-20-14-26-27(2)15-20)29-17-21-22(18-29)30-13-12-28(21)16-19-8-5-4-6-9-19;/h4-6,8-9,14-15,21-22H,3,7,10-13,16-18H2,1-2H3,(H,24,25);1H. The minimum Gasteiger partial charge on any atom is -0.373 e. The average Bonchev–Trinajstić information content (AvgIpc) is 3.38. The van der Waals surface area contributed by atoms with Gasteiger partial charge in [0.15, 0.2) is 5.96 Å². The highest BCUT2D eigenvalue weighted by Crippen LogP contribution is 2.24. The van der Waals surface area contributed by atoms with E-state index in [0.717, 1.165) is 64.7 Å². The van der Waals surface area contributed by atoms with Gasteiger partial charge in [-0.15, -0.1) is 24.0 Å². The van der Waals surface area contributed by atoms with E-state index in [9.17, 15) is 0 Å². The van der Waals surface area contributed by atoms with Crippen molar-refractivity contribution >= 4 is 29.9 Å². The zero-order chi connectivity index (χ0) is 20.8. The van der Waals surface area contributed by atoms with E-state index < -0.39 is 0 Å². The zero-order valence-corrected chi connectivity index (χ0v) is 20.9. The number of halogens is 1. The van der Waals surface area contributed by atoms with E-state index in [4.69, 9.17) is 9.73 Å². The van der Waals surface area contributed by atoms with Gasteiger partial charge in [0, 0.05) is 52.5 Å². The molecule has 2 saturated heterocycles. The van der Waals surface area contributed by atoms with Gasteiger partial charge < -0.3 is 15.0 Å². The lowest BCUT2D eigenvalue weighted by Crippen LogP contribution is -2.50. The first kappa shape index (κ1) is 24.0. The van der Waals surface area contributed by atoms with Crippen molar-refractivity contribution in [1.29, 1.82) is 0 Å². The molecule has 2 aromatic rings. The van der Waals surface area contributed by atoms with E-state index in [-0.39, 0.29) is 30.1 Å². The summed E-state index contributed by atoms with van der Waals surface area (Å²) in [4.78, 5) is 9.87. The third-order valence-corrected chi connectivity index (χ3v) is 5.92. The molecule has 2 atom stereocenters. The molecule has 1 N–H and O–H groups in total. The summed E-state index contributed by atoms with van der Waals surface area (Å²) in [6.07, 6.45) is 6.31. The van der Waals surface area contributed by atoms with Crippen LogP contribution in [0.2, 0.25) is 0 Å². The van der Waals surface area contributed by atoms with Crippen LogP contribution in [0.25, 0.3) is 0 Å². The highest BCUT2D eigenvalue weighted by Gasteiger charge is 2.41. The zero-order valence-electron chi connectivity index (χ0n) is 18.6. The Balaban J connectivity index is 0.00000272. The van der Waals surface area contributed by atoms with Crippen LogP contribution in [0.4, 0.5) is 0 Å². The molecule has 0 bridgehead atoms. The van der Waals surface area contributed by atoms with Gasteiger partial charge in [-0.3, -0.25) is 14.6 Å². The van der Waals surface area contributed by atoms with Gasteiger partial charge in [0.2, 0.25) is 0 Å². The summed E-state index contributed by atoms with van der Waals surface area (Å²) in [5.74, 6) is 1.02. The molecular weight excluding hydrogens is 503 g/mol. The lowest BCUT2D eigenvalue weighted by atomic mass is 10.1. The molecule has 31 heavy (non-hydrogen) atoms. The predicted molar refractivity (Wildman–Crippen MR) is 135 cm³/mol. The van der Waals surface area contributed by atoms with Gasteiger partial charge in [0.25, 0.3) is 0 Å². The van der Waals surface area contributed by atoms with Crippen molar-refractivity contribution in [2.45, 2.75) is 38.5 Å². The Kier molecular flexibility index (Phi) is 9.15. The molecule has 2 unspecified atom stereocenters. The summed E-state index contributed by atoms with van der Waals surface area (Å²) >= 11 is 0. The Morgan fingerprint density at radius 1 is 1.23 bits per heavy atom. The van der Waals surface area contributed by atoms with Crippen LogP contribution in [0.3, 0.4) is 0 Å². The van der Waals surface area contributed by atoms with E-state index in [2.05, 4.69) is 63.7 Å². The van der Waals surface area contributed by atoms with Gasteiger partial charge in [-0.2, -0.15) is 5.10 Å². The highest BCUT2D eigenvalue weighted by molar-refractivity contribution is 14.0. The van der Waals surface area contributed by atoms with Crippen LogP contribution in [-0.2, 0) is 24.8 Å². The molecule has 7 nitrogen and oxygen atoms in total. The second-order valence-electron chi connectivity index (χ2n) is 8.20. The van der Waals surface area contributed by atoms with Crippen LogP contribution in [0.15, 0.2) is 47.7 Å². The van der Waals surface area contributed by atoms with Gasteiger partial charge in [0.1, 0.15) is 0 Å². The smallest absolute Gasteiger partial charge is 0.194 e. The van der Waals surface area contributed by atoms with Crippen molar-refractivity contribution in [1.82, 2.24) is 24.9 Å². The Morgan fingerprint density at radius 3 is 2.81 bits per heavy atom. The van der Waals surface area contributed by atoms with E-state index in [1.54, 1.807) is 0 Å². The molecular formula is C23H35IN6O. The molecule has 0 amide bonds. The largest absolute Gasteiger partial charge is 0.373 e. The van der Waals surface area contributed by atoms with Gasteiger partial charge in [-0.1, -0.05) is 30.3 Å². The average molecular weight is 538 g/mol. The number of guanidine groups is 1. The van der Waals surface area contributed by atoms with Crippen molar-refractivity contribution in [2.75, 3.05) is 39.3 Å². The number of nitrogens with zero attached hydrogens (tertiary/aromatic N) is 5. The third-order valence-electron chi connectivity index (χ3n) is 5.92. The molecule has 0 spiro atoms. The number of aromatic nitrogens is 2. The number of aryl methyl sites for hydroxylation is 2. The molecule has 2 aliphatic heterocycles. The number of benzene rings is 1. The van der Waals surface area contributed by atoms with Crippen molar-refractivity contribution in [3.05, 3.63) is 53.9 Å². The van der Waals surface area contributed by atoms with Crippen molar-refractivity contribution in [2.24, 2.45) is 12.0 Å². The van der Waals surface area contributed by atoms with Gasteiger partial charge in [-0.05, 0) is 30.9 Å². The van der Waals surface area contributed by atoms with E-state index in [0.29, 0.717) is 6.04 Å². The number of hydrogen-bond donors (Lipinski definition) is 1. The molecule has 170 valence electrons. The lowest BCUT2D eigenvalue weighted by Gasteiger charge is -2.36. The quantitative estimate of drug-likeness (QED) is 0.254. The molecule has 0 radical (unpaired) electrons. The first-order valence-corrected chi connectivity index (χ1v) is 11.1. The Bertz CT molecular complexity index is 826. The van der Waals surface area contributed by atoms with Crippen LogP contribution in [0.5, 0.6) is 0 Å². The summed E-state index contributed by atoms with van der Waals surface area (Å²) in [5, 5.41) is 7.73. The van der Waals surface area contributed by atoms with Crippen LogP contribution in [0.1, 0.15) is 24.5 Å². The Morgan fingerprint density at radius 2 is 2.06 bits per heavy atom. The number of nitrogens with one attached hydrogen (secondary N) is 1. The fourth-order valence-corrected chi connectivity index (χ4v) is 4.44. The van der Waals surface area contributed by atoms with Crippen LogP contribution >= 0.6 is 24.0 Å². The second kappa shape index (κ2) is 11.8. The van der Waals surface area contributed by atoms with Crippen LogP contribution < -0.4 is 5.32 Å². The number of hydrogen-bond acceptors (Lipinski definition) is 4. The van der Waals surface area contributed by atoms with Gasteiger partial charge in [-0.25, -0.2) is 0 Å². The first-order valence-electron chi connectivity index (χ1n) is 11.1. The van der Waals surface area contributed by atoms with Gasteiger partial charge in [0.05, 0.1) is 24.9 Å². The topological polar surface area (TPSA) is 57.9 Å². The molecule has 0 saturated carbocycles. The van der Waals surface area contributed by atoms with Crippen molar-refractivity contribution < 1.29 is 4.74 Å². The number of ether oxygens (including phenoxy) is 1. The maximum absolute atomic E-state index is 6.14. The van der Waals surface area contributed by atoms with Crippen LogP contribution in [0, 0.1) is 0 Å². The second-order valence-corrected chi connectivity index (χ2v) is 8.20. The summed E-state index contributed by atoms with van der Waals surface area (Å²) in [6.45, 7) is 8.48. The highest BCUT2D eigenvalue weighted by atomic mass is 127. The molecule has 1 aromatic carbocycles. The number of rotatable bonds is 7. The van der Waals surface area contributed by atoms with Crippen molar-refractivity contribution in [3.63, 3.8) is 0 Å². The molecule has 1 aromatic heterocycles. The SMILES string of the molecule is CCNC(=NCCCc1cnn(C)c1)N1CC2OCCN(Cc3ccccc3)C2C1.I. The van der Waals surface area contributed by atoms with E-state index in [1.807, 2.05) is 17.9 Å². The molecule has 4 rings (SSSR count). The predicted octanol–water partition coefficient (Wildman–Crippen LogP) is 2.52. The van der Waals surface area contributed by atoms with Crippen molar-refractivity contribution in [3.8, 4) is 0 Å². The molecule has 8 heteroatoms. The van der Waals surface area contributed by atoms with Gasteiger partial charge >= 0.3 is 0 Å². The monoisotopic (exact) mass is 538 g/mol. The Labute approximate surface area is 202 Å². The molecule has 0 aliphatic carbocycles. The van der Waals surface area contributed by atoms with Crippen LogP contribution in [-0.4, -0.2) is 77.0 Å². The number of morpholine rings is 1. The number of likely N-dealkylation sites (tertiary alicyclic amines) is 1. The maximum atomic E-state index is 6.14. The maximum Gasteiger partial charge on any atom is 0.194 e. The minimum absolute atomic E-state index is 0. The summed E-state index contributed by atoms with van der Waals surface area (Å²) in [7, 11) is 1.96.